The van der Waals surface area contributed by atoms with E-state index in [1.165, 1.54) is 11.0 Å². The van der Waals surface area contributed by atoms with Crippen LogP contribution in [0.5, 0.6) is 0 Å². The molecule has 2 aromatic carbocycles. The van der Waals surface area contributed by atoms with Crippen molar-refractivity contribution in [1.82, 2.24) is 19.7 Å². The SMILES string of the molecule is C[C@@H]1C[C@H](C)CN(Cc2cc3c(c(C(F)(F)F)c2)CN(c2cccc([C@]4(Cc5nncn5C)C[C@@H](C#N)C4)c2)C3=O)C1. The monoisotopic (exact) mass is 576 g/mol. The van der Waals surface area contributed by atoms with Gasteiger partial charge in [0.05, 0.1) is 18.2 Å². The third-order valence-electron chi connectivity index (χ3n) is 9.29. The van der Waals surface area contributed by atoms with Gasteiger partial charge in [-0.05, 0) is 72.1 Å². The van der Waals surface area contributed by atoms with E-state index in [9.17, 15) is 23.2 Å². The fourth-order valence-electron chi connectivity index (χ4n) is 7.43. The number of carbonyl (C=O) groups is 1. The number of likely N-dealkylation sites (tertiary alicyclic amines) is 1. The van der Waals surface area contributed by atoms with Crippen molar-refractivity contribution in [1.29, 1.82) is 5.26 Å². The van der Waals surface area contributed by atoms with Gasteiger partial charge in [-0.3, -0.25) is 9.69 Å². The predicted octanol–water partition coefficient (Wildman–Crippen LogP) is 5.89. The Bertz CT molecular complexity index is 1540. The average molecular weight is 577 g/mol. The van der Waals surface area contributed by atoms with Crippen molar-refractivity contribution in [3.05, 3.63) is 76.4 Å². The van der Waals surface area contributed by atoms with E-state index in [1.54, 1.807) is 18.5 Å². The summed E-state index contributed by atoms with van der Waals surface area (Å²) in [6.45, 7) is 6.25. The molecule has 0 spiro atoms. The van der Waals surface area contributed by atoms with Crippen LogP contribution in [0.1, 0.15) is 71.5 Å². The lowest BCUT2D eigenvalue weighted by atomic mass is 9.57. The van der Waals surface area contributed by atoms with E-state index >= 15 is 0 Å². The first-order valence-electron chi connectivity index (χ1n) is 14.6. The summed E-state index contributed by atoms with van der Waals surface area (Å²) >= 11 is 0. The van der Waals surface area contributed by atoms with Crippen LogP contribution < -0.4 is 4.90 Å². The molecule has 2 atom stereocenters. The van der Waals surface area contributed by atoms with E-state index in [4.69, 9.17) is 0 Å². The molecule has 0 unspecified atom stereocenters. The molecule has 6 rings (SSSR count). The third kappa shape index (κ3) is 5.19. The molecule has 0 radical (unpaired) electrons. The van der Waals surface area contributed by atoms with E-state index in [-0.39, 0.29) is 29.0 Å². The second-order valence-corrected chi connectivity index (χ2v) is 12.8. The zero-order valence-electron chi connectivity index (χ0n) is 24.2. The Morgan fingerprint density at radius 3 is 2.50 bits per heavy atom. The first-order chi connectivity index (χ1) is 20.0. The number of anilines is 1. The highest BCUT2D eigenvalue weighted by Gasteiger charge is 2.47. The number of amides is 1. The largest absolute Gasteiger partial charge is 0.416 e. The Labute approximate surface area is 243 Å². The van der Waals surface area contributed by atoms with Gasteiger partial charge in [0.25, 0.3) is 5.91 Å². The van der Waals surface area contributed by atoms with Crippen LogP contribution in [0.3, 0.4) is 0 Å². The summed E-state index contributed by atoms with van der Waals surface area (Å²) in [5, 5.41) is 17.8. The standard InChI is InChI=1S/C32H35F3N6O/c1-20-7-21(2)16-40(15-20)17-22-8-26-27(28(9-22)32(33,34)35)18-41(30(26)42)25-6-4-5-24(10-25)31(11-23(12-31)14-36)13-29-38-37-19-39(29)3/h4-6,8-10,19-21,23H,7,11-13,15-18H2,1-3H3/t20-,21+,23-,31-. The topological polar surface area (TPSA) is 78.1 Å². The number of halogens is 3. The van der Waals surface area contributed by atoms with Crippen molar-refractivity contribution in [3.63, 3.8) is 0 Å². The van der Waals surface area contributed by atoms with Crippen LogP contribution in [0.2, 0.25) is 0 Å². The maximum atomic E-state index is 14.4. The maximum absolute atomic E-state index is 14.4. The highest BCUT2D eigenvalue weighted by molar-refractivity contribution is 6.10. The van der Waals surface area contributed by atoms with Crippen LogP contribution in [0.4, 0.5) is 18.9 Å². The molecule has 1 saturated heterocycles. The van der Waals surface area contributed by atoms with Crippen LogP contribution in [0, 0.1) is 29.1 Å². The molecular weight excluding hydrogens is 541 g/mol. The fraction of sp³-hybridized carbons (Fsp3) is 0.500. The van der Waals surface area contributed by atoms with E-state index in [0.717, 1.165) is 30.9 Å². The van der Waals surface area contributed by atoms with Gasteiger partial charge < -0.3 is 9.47 Å². The van der Waals surface area contributed by atoms with Crippen molar-refractivity contribution < 1.29 is 18.0 Å². The molecule has 3 aliphatic rings. The van der Waals surface area contributed by atoms with Gasteiger partial charge in [0, 0.05) is 55.7 Å². The van der Waals surface area contributed by atoms with Crippen molar-refractivity contribution in [2.45, 2.75) is 64.2 Å². The number of hydrogen-bond acceptors (Lipinski definition) is 5. The molecule has 0 N–H and O–H groups in total. The number of alkyl halides is 3. The Morgan fingerprint density at radius 2 is 1.86 bits per heavy atom. The number of benzene rings is 2. The second-order valence-electron chi connectivity index (χ2n) is 12.8. The lowest BCUT2D eigenvalue weighted by molar-refractivity contribution is -0.138. The lowest BCUT2D eigenvalue weighted by Crippen LogP contribution is -2.43. The number of aromatic nitrogens is 3. The molecule has 10 heteroatoms. The van der Waals surface area contributed by atoms with Gasteiger partial charge in [-0.2, -0.15) is 18.4 Å². The molecule has 2 fully saturated rings. The summed E-state index contributed by atoms with van der Waals surface area (Å²) in [5.41, 5.74) is 1.10. The van der Waals surface area contributed by atoms with Gasteiger partial charge in [0.15, 0.2) is 0 Å². The molecule has 1 aliphatic carbocycles. The minimum Gasteiger partial charge on any atom is -0.321 e. The van der Waals surface area contributed by atoms with Crippen LogP contribution in [-0.2, 0) is 38.1 Å². The first kappa shape index (κ1) is 28.4. The number of nitrogens with zero attached hydrogens (tertiary/aromatic N) is 6. The van der Waals surface area contributed by atoms with Gasteiger partial charge in [-0.25, -0.2) is 0 Å². The van der Waals surface area contributed by atoms with Gasteiger partial charge in [-0.15, -0.1) is 10.2 Å². The van der Waals surface area contributed by atoms with Gasteiger partial charge in [0.2, 0.25) is 0 Å². The molecular formula is C32H35F3N6O. The van der Waals surface area contributed by atoms with Gasteiger partial charge in [0.1, 0.15) is 12.2 Å². The van der Waals surface area contributed by atoms with E-state index < -0.39 is 17.6 Å². The number of carbonyl (C=O) groups excluding carboxylic acids is 1. The van der Waals surface area contributed by atoms with Crippen molar-refractivity contribution >= 4 is 11.6 Å². The van der Waals surface area contributed by atoms with E-state index in [2.05, 4.69) is 35.0 Å². The highest BCUT2D eigenvalue weighted by atomic mass is 19.4. The number of fused-ring (bicyclic) bond motifs is 1. The Kier molecular flexibility index (Phi) is 7.12. The van der Waals surface area contributed by atoms with E-state index in [1.807, 2.05) is 29.8 Å². The molecule has 2 aliphatic heterocycles. The molecule has 3 aromatic rings. The number of nitriles is 1. The van der Waals surface area contributed by atoms with Crippen LogP contribution in [0.25, 0.3) is 0 Å². The summed E-state index contributed by atoms with van der Waals surface area (Å²) < 4.78 is 44.9. The molecule has 1 saturated carbocycles. The molecule has 7 nitrogen and oxygen atoms in total. The average Bonchev–Trinajstić information content (AvgIpc) is 3.46. The number of aryl methyl sites for hydroxylation is 1. The molecule has 3 heterocycles. The quantitative estimate of drug-likeness (QED) is 0.366. The predicted molar refractivity (Wildman–Crippen MR) is 151 cm³/mol. The highest BCUT2D eigenvalue weighted by Crippen LogP contribution is 2.50. The summed E-state index contributed by atoms with van der Waals surface area (Å²) in [6, 6.07) is 12.7. The van der Waals surface area contributed by atoms with Crippen LogP contribution in [-0.4, -0.2) is 38.7 Å². The van der Waals surface area contributed by atoms with Gasteiger partial charge in [-0.1, -0.05) is 26.0 Å². The normalized spacial score (nSPS) is 26.2. The number of rotatable bonds is 6. The maximum Gasteiger partial charge on any atom is 0.416 e. The number of hydrogen-bond donors (Lipinski definition) is 0. The van der Waals surface area contributed by atoms with Crippen molar-refractivity contribution in [2.75, 3.05) is 18.0 Å². The van der Waals surface area contributed by atoms with Gasteiger partial charge >= 0.3 is 6.18 Å². The third-order valence-corrected chi connectivity index (χ3v) is 9.29. The fourth-order valence-corrected chi connectivity index (χ4v) is 7.43. The van der Waals surface area contributed by atoms with E-state index in [0.29, 0.717) is 48.9 Å². The number of piperidine rings is 1. The second kappa shape index (κ2) is 10.5. The molecule has 220 valence electrons. The Morgan fingerprint density at radius 1 is 1.12 bits per heavy atom. The van der Waals surface area contributed by atoms with Crippen LogP contribution in [0.15, 0.2) is 42.7 Å². The molecule has 1 aromatic heterocycles. The summed E-state index contributed by atoms with van der Waals surface area (Å²) in [4.78, 5) is 17.4. The minimum atomic E-state index is -4.57. The van der Waals surface area contributed by atoms with Crippen molar-refractivity contribution in [2.24, 2.45) is 24.8 Å². The summed E-state index contributed by atoms with van der Waals surface area (Å²) in [7, 11) is 1.87. The smallest absolute Gasteiger partial charge is 0.321 e. The first-order valence-corrected chi connectivity index (χ1v) is 14.6. The summed E-state index contributed by atoms with van der Waals surface area (Å²) in [6.07, 6.45) is 0.0390. The zero-order chi connectivity index (χ0) is 29.8. The Balaban J connectivity index is 1.31. The Hall–Kier alpha value is -3.71. The minimum absolute atomic E-state index is 0.0315. The van der Waals surface area contributed by atoms with Crippen molar-refractivity contribution in [3.8, 4) is 6.07 Å². The molecule has 0 bridgehead atoms. The molecule has 1 amide bonds. The van der Waals surface area contributed by atoms with Crippen LogP contribution >= 0.6 is 0 Å². The zero-order valence-corrected chi connectivity index (χ0v) is 24.2. The summed E-state index contributed by atoms with van der Waals surface area (Å²) in [5.74, 6) is 1.25. The lowest BCUT2D eigenvalue weighted by Gasteiger charge is -2.45. The molecule has 42 heavy (non-hydrogen) atoms.